The molecule has 146 valence electrons. The Labute approximate surface area is 170 Å². The number of para-hydroxylation sites is 1. The van der Waals surface area contributed by atoms with Crippen molar-refractivity contribution in [2.45, 2.75) is 26.5 Å². The standard InChI is InChI=1S/C22H26N4OS/c1-17-26-20(16-28-17)12-13-24-22(23-2)25-14-19-10-6-7-11-21(19)27-15-18-8-4-3-5-9-18/h3-11,16H,12-15H2,1-2H3,(H2,23,24,25). The number of hydrogen-bond acceptors (Lipinski definition) is 4. The lowest BCUT2D eigenvalue weighted by molar-refractivity contribution is 0.302. The molecule has 2 aromatic carbocycles. The molecule has 0 saturated carbocycles. The molecule has 0 aliphatic heterocycles. The number of nitrogens with one attached hydrogen (secondary N) is 2. The van der Waals surface area contributed by atoms with Crippen LogP contribution in [-0.2, 0) is 19.6 Å². The van der Waals surface area contributed by atoms with Crippen molar-refractivity contribution in [3.63, 3.8) is 0 Å². The first-order valence-electron chi connectivity index (χ1n) is 9.35. The summed E-state index contributed by atoms with van der Waals surface area (Å²) in [7, 11) is 1.78. The molecule has 6 heteroatoms. The molecule has 0 saturated heterocycles. The SMILES string of the molecule is CN=C(NCCc1csc(C)n1)NCc1ccccc1OCc1ccccc1. The fourth-order valence-corrected chi connectivity index (χ4v) is 3.40. The van der Waals surface area contributed by atoms with Crippen molar-refractivity contribution in [2.75, 3.05) is 13.6 Å². The number of aliphatic imine (C=N–C) groups is 1. The van der Waals surface area contributed by atoms with Crippen molar-refractivity contribution < 1.29 is 4.74 Å². The van der Waals surface area contributed by atoms with Gasteiger partial charge in [-0.05, 0) is 18.6 Å². The number of nitrogens with zero attached hydrogens (tertiary/aromatic N) is 2. The Morgan fingerprint density at radius 3 is 2.61 bits per heavy atom. The number of ether oxygens (including phenoxy) is 1. The van der Waals surface area contributed by atoms with Crippen LogP contribution in [0, 0.1) is 6.92 Å². The molecule has 0 aliphatic rings. The maximum absolute atomic E-state index is 6.02. The lowest BCUT2D eigenvalue weighted by Gasteiger charge is -2.15. The number of aryl methyl sites for hydroxylation is 1. The second kappa shape index (κ2) is 10.5. The summed E-state index contributed by atoms with van der Waals surface area (Å²) in [4.78, 5) is 8.78. The number of guanidine groups is 1. The molecule has 0 atom stereocenters. The van der Waals surface area contributed by atoms with Gasteiger partial charge in [0.1, 0.15) is 12.4 Å². The number of thiazole rings is 1. The molecule has 0 fully saturated rings. The molecule has 28 heavy (non-hydrogen) atoms. The zero-order valence-electron chi connectivity index (χ0n) is 16.3. The van der Waals surface area contributed by atoms with Crippen LogP contribution < -0.4 is 15.4 Å². The first kappa shape index (κ1) is 19.9. The van der Waals surface area contributed by atoms with Crippen LogP contribution in [0.3, 0.4) is 0 Å². The Morgan fingerprint density at radius 2 is 1.86 bits per heavy atom. The van der Waals surface area contributed by atoms with Crippen LogP contribution in [-0.4, -0.2) is 24.5 Å². The van der Waals surface area contributed by atoms with E-state index in [9.17, 15) is 0 Å². The van der Waals surface area contributed by atoms with E-state index in [0.717, 1.165) is 46.5 Å². The fourth-order valence-electron chi connectivity index (χ4n) is 2.76. The Balaban J connectivity index is 1.49. The lowest BCUT2D eigenvalue weighted by Crippen LogP contribution is -2.37. The third-order valence-corrected chi connectivity index (χ3v) is 5.04. The van der Waals surface area contributed by atoms with E-state index < -0.39 is 0 Å². The number of benzene rings is 2. The first-order chi connectivity index (χ1) is 13.7. The van der Waals surface area contributed by atoms with E-state index >= 15 is 0 Å². The van der Waals surface area contributed by atoms with E-state index in [-0.39, 0.29) is 0 Å². The molecule has 0 spiro atoms. The minimum Gasteiger partial charge on any atom is -0.489 e. The normalized spacial score (nSPS) is 11.3. The summed E-state index contributed by atoms with van der Waals surface area (Å²) >= 11 is 1.68. The number of aromatic nitrogens is 1. The van der Waals surface area contributed by atoms with Crippen LogP contribution in [0.15, 0.2) is 65.0 Å². The van der Waals surface area contributed by atoms with Crippen LogP contribution in [0.2, 0.25) is 0 Å². The minimum atomic E-state index is 0.553. The van der Waals surface area contributed by atoms with E-state index in [2.05, 4.69) is 44.2 Å². The Bertz CT molecular complexity index is 892. The van der Waals surface area contributed by atoms with Gasteiger partial charge in [0.05, 0.1) is 10.7 Å². The van der Waals surface area contributed by atoms with E-state index in [0.29, 0.717) is 13.2 Å². The lowest BCUT2D eigenvalue weighted by atomic mass is 10.2. The minimum absolute atomic E-state index is 0.553. The summed E-state index contributed by atoms with van der Waals surface area (Å²) in [6, 6.07) is 18.3. The summed E-state index contributed by atoms with van der Waals surface area (Å²) in [6.07, 6.45) is 0.877. The topological polar surface area (TPSA) is 58.5 Å². The van der Waals surface area contributed by atoms with Gasteiger partial charge in [0.2, 0.25) is 0 Å². The van der Waals surface area contributed by atoms with E-state index in [4.69, 9.17) is 4.74 Å². The maximum Gasteiger partial charge on any atom is 0.191 e. The predicted octanol–water partition coefficient (Wildman–Crippen LogP) is 3.94. The zero-order valence-corrected chi connectivity index (χ0v) is 17.1. The molecule has 0 radical (unpaired) electrons. The Hall–Kier alpha value is -2.86. The van der Waals surface area contributed by atoms with Crippen molar-refractivity contribution in [1.29, 1.82) is 0 Å². The van der Waals surface area contributed by atoms with E-state index in [1.807, 2.05) is 43.3 Å². The molecule has 0 bridgehead atoms. The van der Waals surface area contributed by atoms with Crippen molar-refractivity contribution in [2.24, 2.45) is 4.99 Å². The number of rotatable bonds is 8. The highest BCUT2D eigenvalue weighted by Gasteiger charge is 2.06. The molecule has 0 amide bonds. The molecule has 3 rings (SSSR count). The fraction of sp³-hybridized carbons (Fsp3) is 0.273. The molecule has 1 aromatic heterocycles. The molecule has 1 heterocycles. The quantitative estimate of drug-likeness (QED) is 0.449. The average molecular weight is 395 g/mol. The van der Waals surface area contributed by atoms with Gasteiger partial charge >= 0.3 is 0 Å². The molecular weight excluding hydrogens is 368 g/mol. The van der Waals surface area contributed by atoms with Crippen molar-refractivity contribution in [3.05, 3.63) is 81.8 Å². The van der Waals surface area contributed by atoms with Gasteiger partial charge in [-0.25, -0.2) is 4.98 Å². The molecule has 2 N–H and O–H groups in total. The van der Waals surface area contributed by atoms with Crippen LogP contribution >= 0.6 is 11.3 Å². The summed E-state index contributed by atoms with van der Waals surface area (Å²) in [5.41, 5.74) is 3.36. The van der Waals surface area contributed by atoms with Crippen molar-refractivity contribution in [3.8, 4) is 5.75 Å². The van der Waals surface area contributed by atoms with Crippen LogP contribution in [0.25, 0.3) is 0 Å². The van der Waals surface area contributed by atoms with E-state index in [1.54, 1.807) is 18.4 Å². The number of hydrogen-bond donors (Lipinski definition) is 2. The predicted molar refractivity (Wildman–Crippen MR) is 116 cm³/mol. The second-order valence-corrected chi connectivity index (χ2v) is 7.40. The summed E-state index contributed by atoms with van der Waals surface area (Å²) < 4.78 is 6.02. The Morgan fingerprint density at radius 1 is 1.07 bits per heavy atom. The summed E-state index contributed by atoms with van der Waals surface area (Å²) in [6.45, 7) is 4.01. The third-order valence-electron chi connectivity index (χ3n) is 4.22. The third kappa shape index (κ3) is 6.09. The van der Waals surface area contributed by atoms with Gasteiger partial charge in [-0.1, -0.05) is 48.5 Å². The van der Waals surface area contributed by atoms with Crippen LogP contribution in [0.4, 0.5) is 0 Å². The van der Waals surface area contributed by atoms with Gasteiger partial charge in [0.15, 0.2) is 5.96 Å². The largest absolute Gasteiger partial charge is 0.489 e. The van der Waals surface area contributed by atoms with Gasteiger partial charge in [0.25, 0.3) is 0 Å². The van der Waals surface area contributed by atoms with Gasteiger partial charge < -0.3 is 15.4 Å². The van der Waals surface area contributed by atoms with Crippen molar-refractivity contribution >= 4 is 17.3 Å². The second-order valence-electron chi connectivity index (χ2n) is 6.34. The zero-order chi connectivity index (χ0) is 19.6. The van der Waals surface area contributed by atoms with Gasteiger partial charge in [-0.2, -0.15) is 0 Å². The van der Waals surface area contributed by atoms with Crippen molar-refractivity contribution in [1.82, 2.24) is 15.6 Å². The van der Waals surface area contributed by atoms with Gasteiger partial charge in [-0.15, -0.1) is 11.3 Å². The average Bonchev–Trinajstić information content (AvgIpc) is 3.15. The highest BCUT2D eigenvalue weighted by atomic mass is 32.1. The molecule has 0 aliphatic carbocycles. The maximum atomic E-state index is 6.02. The molecule has 5 nitrogen and oxygen atoms in total. The van der Waals surface area contributed by atoms with Gasteiger partial charge in [0, 0.05) is 37.5 Å². The molecule has 0 unspecified atom stereocenters. The Kier molecular flexibility index (Phi) is 7.44. The molecular formula is C22H26N4OS. The van der Waals surface area contributed by atoms with E-state index in [1.165, 1.54) is 0 Å². The monoisotopic (exact) mass is 394 g/mol. The summed E-state index contributed by atoms with van der Waals surface area (Å²) in [5.74, 6) is 1.65. The molecule has 3 aromatic rings. The highest BCUT2D eigenvalue weighted by molar-refractivity contribution is 7.09. The van der Waals surface area contributed by atoms with Crippen LogP contribution in [0.5, 0.6) is 5.75 Å². The first-order valence-corrected chi connectivity index (χ1v) is 10.2. The highest BCUT2D eigenvalue weighted by Crippen LogP contribution is 2.19. The smallest absolute Gasteiger partial charge is 0.191 e. The van der Waals surface area contributed by atoms with Gasteiger partial charge in [-0.3, -0.25) is 4.99 Å². The summed E-state index contributed by atoms with van der Waals surface area (Å²) in [5, 5.41) is 9.90. The van der Waals surface area contributed by atoms with Crippen LogP contribution in [0.1, 0.15) is 21.8 Å².